The Balaban J connectivity index is 1.36. The van der Waals surface area contributed by atoms with Gasteiger partial charge in [0.25, 0.3) is 11.8 Å². The normalized spacial score (nSPS) is 15.7. The quantitative estimate of drug-likeness (QED) is 0.440. The lowest BCUT2D eigenvalue weighted by Gasteiger charge is -2.28. The highest BCUT2D eigenvalue weighted by atomic mass is 16.2. The van der Waals surface area contributed by atoms with Crippen molar-refractivity contribution < 1.29 is 14.4 Å². The summed E-state index contributed by atoms with van der Waals surface area (Å²) in [6.45, 7) is 5.08. The van der Waals surface area contributed by atoms with Gasteiger partial charge in [-0.25, -0.2) is 0 Å². The molecule has 5 rings (SSSR count). The first-order valence-electron chi connectivity index (χ1n) is 14.2. The molecule has 0 spiro atoms. The standard InChI is InChI=1S/C33H38N4O3/c1-24-12-14-27(15-13-24)32(39)37-19-7-18-36(20-21-37)30-17-16-28(34-31(38)26-10-6-11-26)22-29(30)33(40)35(2)23-25-8-4-3-5-9-25/h3-5,8-9,12-17,22,26H,6-7,10-11,18-21,23H2,1-2H3,(H,34,38). The first-order chi connectivity index (χ1) is 19.4. The Hall–Kier alpha value is -4.13. The number of rotatable bonds is 7. The van der Waals surface area contributed by atoms with Crippen molar-refractivity contribution in [1.29, 1.82) is 0 Å². The molecular formula is C33H38N4O3. The van der Waals surface area contributed by atoms with E-state index in [-0.39, 0.29) is 23.6 Å². The van der Waals surface area contributed by atoms with Crippen LogP contribution in [0.1, 0.15) is 57.5 Å². The first-order valence-corrected chi connectivity index (χ1v) is 14.2. The van der Waals surface area contributed by atoms with Gasteiger partial charge < -0.3 is 20.0 Å². The molecule has 7 nitrogen and oxygen atoms in total. The Kier molecular flexibility index (Phi) is 8.48. The van der Waals surface area contributed by atoms with Crippen molar-refractivity contribution in [3.8, 4) is 0 Å². The van der Waals surface area contributed by atoms with Crippen LogP contribution in [0.2, 0.25) is 0 Å². The summed E-state index contributed by atoms with van der Waals surface area (Å²) in [5, 5.41) is 3.03. The minimum absolute atomic E-state index is 0.0232. The number of amides is 3. The SMILES string of the molecule is Cc1ccc(C(=O)N2CCCN(c3ccc(NC(=O)C4CCC4)cc3C(=O)N(C)Cc3ccccc3)CC2)cc1. The van der Waals surface area contributed by atoms with E-state index in [1.807, 2.05) is 91.7 Å². The second-order valence-electron chi connectivity index (χ2n) is 11.0. The third kappa shape index (κ3) is 6.36. The summed E-state index contributed by atoms with van der Waals surface area (Å²) in [6.07, 6.45) is 3.72. The van der Waals surface area contributed by atoms with Crippen LogP contribution in [0.4, 0.5) is 11.4 Å². The van der Waals surface area contributed by atoms with Crippen molar-refractivity contribution >= 4 is 29.1 Å². The summed E-state index contributed by atoms with van der Waals surface area (Å²) >= 11 is 0. The molecule has 7 heteroatoms. The largest absolute Gasteiger partial charge is 0.369 e. The monoisotopic (exact) mass is 538 g/mol. The van der Waals surface area contributed by atoms with Crippen LogP contribution in [0.15, 0.2) is 72.8 Å². The van der Waals surface area contributed by atoms with Gasteiger partial charge in [0.05, 0.1) is 5.56 Å². The molecule has 3 aromatic carbocycles. The number of carbonyl (C=O) groups is 3. The van der Waals surface area contributed by atoms with E-state index in [0.29, 0.717) is 43.0 Å². The first kappa shape index (κ1) is 27.4. The van der Waals surface area contributed by atoms with Crippen LogP contribution in [-0.2, 0) is 11.3 Å². The molecular weight excluding hydrogens is 500 g/mol. The molecule has 1 N–H and O–H groups in total. The van der Waals surface area contributed by atoms with Gasteiger partial charge in [0.15, 0.2) is 0 Å². The van der Waals surface area contributed by atoms with Crippen molar-refractivity contribution in [2.24, 2.45) is 5.92 Å². The summed E-state index contributed by atoms with van der Waals surface area (Å²) in [7, 11) is 1.81. The average molecular weight is 539 g/mol. The molecule has 2 aliphatic rings. The van der Waals surface area contributed by atoms with Gasteiger partial charge in [-0.1, -0.05) is 54.4 Å². The molecule has 0 aromatic heterocycles. The number of anilines is 2. The predicted octanol–water partition coefficient (Wildman–Crippen LogP) is 5.36. The molecule has 3 aromatic rings. The molecule has 0 unspecified atom stereocenters. The Bertz CT molecular complexity index is 1350. The number of hydrogen-bond acceptors (Lipinski definition) is 4. The second kappa shape index (κ2) is 12.4. The van der Waals surface area contributed by atoms with E-state index in [1.165, 1.54) is 0 Å². The van der Waals surface area contributed by atoms with Gasteiger partial charge in [-0.3, -0.25) is 14.4 Å². The molecule has 0 bridgehead atoms. The van der Waals surface area contributed by atoms with Gasteiger partial charge in [0, 0.05) is 62.6 Å². The molecule has 1 aliphatic heterocycles. The molecule has 0 radical (unpaired) electrons. The van der Waals surface area contributed by atoms with Crippen LogP contribution in [-0.4, -0.2) is 60.7 Å². The number of aryl methyl sites for hydroxylation is 1. The van der Waals surface area contributed by atoms with E-state index in [0.717, 1.165) is 49.0 Å². The Labute approximate surface area is 236 Å². The predicted molar refractivity (Wildman–Crippen MR) is 159 cm³/mol. The van der Waals surface area contributed by atoms with E-state index < -0.39 is 0 Å². The molecule has 0 atom stereocenters. The Morgan fingerprint density at radius 2 is 1.62 bits per heavy atom. The van der Waals surface area contributed by atoms with Crippen molar-refractivity contribution in [2.75, 3.05) is 43.4 Å². The van der Waals surface area contributed by atoms with Gasteiger partial charge >= 0.3 is 0 Å². The highest BCUT2D eigenvalue weighted by Gasteiger charge is 2.27. The summed E-state index contributed by atoms with van der Waals surface area (Å²) < 4.78 is 0. The lowest BCUT2D eigenvalue weighted by molar-refractivity contribution is -0.122. The number of carbonyl (C=O) groups excluding carboxylic acids is 3. The van der Waals surface area contributed by atoms with Crippen molar-refractivity contribution in [2.45, 2.75) is 39.2 Å². The zero-order chi connectivity index (χ0) is 28.1. The summed E-state index contributed by atoms with van der Waals surface area (Å²) in [6, 6.07) is 23.3. The van der Waals surface area contributed by atoms with Crippen molar-refractivity contribution in [1.82, 2.24) is 9.80 Å². The number of nitrogens with one attached hydrogen (secondary N) is 1. The molecule has 40 heavy (non-hydrogen) atoms. The molecule has 1 saturated carbocycles. The molecule has 1 aliphatic carbocycles. The van der Waals surface area contributed by atoms with Gasteiger partial charge in [-0.05, 0) is 62.1 Å². The number of nitrogens with zero attached hydrogens (tertiary/aromatic N) is 3. The van der Waals surface area contributed by atoms with Crippen LogP contribution in [0, 0.1) is 12.8 Å². The number of hydrogen-bond donors (Lipinski definition) is 1. The topological polar surface area (TPSA) is 73.0 Å². The zero-order valence-electron chi connectivity index (χ0n) is 23.4. The number of benzene rings is 3. The van der Waals surface area contributed by atoms with Gasteiger partial charge in [-0.2, -0.15) is 0 Å². The van der Waals surface area contributed by atoms with Crippen LogP contribution in [0.3, 0.4) is 0 Å². The third-order valence-corrected chi connectivity index (χ3v) is 8.00. The van der Waals surface area contributed by atoms with Gasteiger partial charge in [0.2, 0.25) is 5.91 Å². The Morgan fingerprint density at radius 3 is 2.33 bits per heavy atom. The van der Waals surface area contributed by atoms with Crippen molar-refractivity contribution in [3.05, 3.63) is 95.1 Å². The fraction of sp³-hybridized carbons (Fsp3) is 0.364. The molecule has 208 valence electrons. The average Bonchev–Trinajstić information content (AvgIpc) is 3.18. The maximum absolute atomic E-state index is 13.8. The molecule has 1 saturated heterocycles. The lowest BCUT2D eigenvalue weighted by atomic mass is 9.85. The smallest absolute Gasteiger partial charge is 0.256 e. The molecule has 2 fully saturated rings. The zero-order valence-corrected chi connectivity index (χ0v) is 23.4. The van der Waals surface area contributed by atoms with E-state index in [2.05, 4.69) is 10.2 Å². The highest BCUT2D eigenvalue weighted by molar-refractivity contribution is 6.02. The van der Waals surface area contributed by atoms with E-state index >= 15 is 0 Å². The maximum Gasteiger partial charge on any atom is 0.256 e. The fourth-order valence-electron chi connectivity index (χ4n) is 5.35. The molecule has 1 heterocycles. The summed E-state index contributed by atoms with van der Waals surface area (Å²) in [4.78, 5) is 45.5. The minimum Gasteiger partial charge on any atom is -0.369 e. The van der Waals surface area contributed by atoms with Crippen LogP contribution in [0.25, 0.3) is 0 Å². The summed E-state index contributed by atoms with van der Waals surface area (Å²) in [5.41, 5.74) is 4.90. The maximum atomic E-state index is 13.8. The third-order valence-electron chi connectivity index (χ3n) is 8.00. The van der Waals surface area contributed by atoms with Gasteiger partial charge in [0.1, 0.15) is 0 Å². The fourth-order valence-corrected chi connectivity index (χ4v) is 5.35. The second-order valence-corrected chi connectivity index (χ2v) is 11.0. The molecule has 3 amide bonds. The van der Waals surface area contributed by atoms with E-state index in [1.54, 1.807) is 4.90 Å². The van der Waals surface area contributed by atoms with Crippen LogP contribution < -0.4 is 10.2 Å². The lowest BCUT2D eigenvalue weighted by Crippen LogP contribution is -2.36. The summed E-state index contributed by atoms with van der Waals surface area (Å²) in [5.74, 6) is 0.0162. The van der Waals surface area contributed by atoms with E-state index in [4.69, 9.17) is 0 Å². The highest BCUT2D eigenvalue weighted by Crippen LogP contribution is 2.30. The van der Waals surface area contributed by atoms with Crippen molar-refractivity contribution in [3.63, 3.8) is 0 Å². The minimum atomic E-state index is -0.101. The Morgan fingerprint density at radius 1 is 0.875 bits per heavy atom. The van der Waals surface area contributed by atoms with E-state index in [9.17, 15) is 14.4 Å². The van der Waals surface area contributed by atoms with Crippen LogP contribution in [0.5, 0.6) is 0 Å². The van der Waals surface area contributed by atoms with Crippen LogP contribution >= 0.6 is 0 Å². The van der Waals surface area contributed by atoms with Gasteiger partial charge in [-0.15, -0.1) is 0 Å².